The van der Waals surface area contributed by atoms with Crippen LogP contribution in [-0.2, 0) is 9.53 Å². The van der Waals surface area contributed by atoms with Crippen LogP contribution in [0.15, 0.2) is 0 Å². The summed E-state index contributed by atoms with van der Waals surface area (Å²) in [5.41, 5.74) is 5.35. The SMILES string of the molecule is CCC(C)NC(=O)COC(CC)(CC)CN. The van der Waals surface area contributed by atoms with Crippen LogP contribution in [0.1, 0.15) is 47.0 Å². The molecule has 0 bridgehead atoms. The molecular formula is C12H26N2O2. The monoisotopic (exact) mass is 230 g/mol. The lowest BCUT2D eigenvalue weighted by Crippen LogP contribution is -2.43. The fraction of sp³-hybridized carbons (Fsp3) is 0.917. The lowest BCUT2D eigenvalue weighted by Gasteiger charge is -2.30. The number of hydrogen-bond acceptors (Lipinski definition) is 3. The van der Waals surface area contributed by atoms with Gasteiger partial charge in [0.05, 0.1) is 5.60 Å². The summed E-state index contributed by atoms with van der Waals surface area (Å²) < 4.78 is 5.65. The van der Waals surface area contributed by atoms with Gasteiger partial charge in [-0.15, -0.1) is 0 Å². The topological polar surface area (TPSA) is 64.3 Å². The van der Waals surface area contributed by atoms with E-state index in [1.54, 1.807) is 0 Å². The molecule has 4 nitrogen and oxygen atoms in total. The Bertz CT molecular complexity index is 195. The Morgan fingerprint density at radius 2 is 1.94 bits per heavy atom. The zero-order chi connectivity index (χ0) is 12.6. The van der Waals surface area contributed by atoms with Crippen molar-refractivity contribution in [1.29, 1.82) is 0 Å². The third kappa shape index (κ3) is 4.94. The van der Waals surface area contributed by atoms with E-state index in [-0.39, 0.29) is 24.2 Å². The summed E-state index contributed by atoms with van der Waals surface area (Å²) in [5, 5.41) is 2.87. The first kappa shape index (κ1) is 15.4. The molecular weight excluding hydrogens is 204 g/mol. The zero-order valence-electron chi connectivity index (χ0n) is 11.0. The second-order valence-electron chi connectivity index (χ2n) is 4.26. The van der Waals surface area contributed by atoms with Crippen molar-refractivity contribution in [3.05, 3.63) is 0 Å². The Morgan fingerprint density at radius 3 is 2.31 bits per heavy atom. The van der Waals surface area contributed by atoms with Gasteiger partial charge >= 0.3 is 0 Å². The second-order valence-corrected chi connectivity index (χ2v) is 4.26. The van der Waals surface area contributed by atoms with Gasteiger partial charge < -0.3 is 15.8 Å². The molecule has 1 amide bonds. The Hall–Kier alpha value is -0.610. The van der Waals surface area contributed by atoms with Gasteiger partial charge in [-0.1, -0.05) is 20.8 Å². The smallest absolute Gasteiger partial charge is 0.246 e. The first-order chi connectivity index (χ1) is 7.53. The molecule has 0 heterocycles. The van der Waals surface area contributed by atoms with E-state index in [0.29, 0.717) is 6.54 Å². The van der Waals surface area contributed by atoms with Gasteiger partial charge in [-0.25, -0.2) is 0 Å². The normalized spacial score (nSPS) is 13.6. The van der Waals surface area contributed by atoms with Crippen LogP contribution in [0.3, 0.4) is 0 Å². The van der Waals surface area contributed by atoms with E-state index in [1.807, 2.05) is 27.7 Å². The number of amides is 1. The maximum absolute atomic E-state index is 11.5. The van der Waals surface area contributed by atoms with Crippen LogP contribution in [0.4, 0.5) is 0 Å². The molecule has 1 atom stereocenters. The molecule has 0 rings (SSSR count). The largest absolute Gasteiger partial charge is 0.364 e. The summed E-state index contributed by atoms with van der Waals surface area (Å²) >= 11 is 0. The molecule has 1 unspecified atom stereocenters. The molecule has 0 fully saturated rings. The molecule has 4 heteroatoms. The fourth-order valence-corrected chi connectivity index (χ4v) is 1.44. The van der Waals surface area contributed by atoms with Crippen LogP contribution < -0.4 is 11.1 Å². The molecule has 0 aliphatic heterocycles. The highest BCUT2D eigenvalue weighted by atomic mass is 16.5. The number of rotatable bonds is 8. The summed E-state index contributed by atoms with van der Waals surface area (Å²) in [6.45, 7) is 8.63. The van der Waals surface area contributed by atoms with Crippen molar-refractivity contribution in [2.24, 2.45) is 5.73 Å². The fourth-order valence-electron chi connectivity index (χ4n) is 1.44. The van der Waals surface area contributed by atoms with Crippen LogP contribution in [0.25, 0.3) is 0 Å². The minimum absolute atomic E-state index is 0.0610. The van der Waals surface area contributed by atoms with Gasteiger partial charge in [-0.2, -0.15) is 0 Å². The van der Waals surface area contributed by atoms with Gasteiger partial charge in [0, 0.05) is 12.6 Å². The Kier molecular flexibility index (Phi) is 7.34. The lowest BCUT2D eigenvalue weighted by atomic mass is 9.97. The quantitative estimate of drug-likeness (QED) is 0.663. The van der Waals surface area contributed by atoms with Gasteiger partial charge in [-0.3, -0.25) is 4.79 Å². The molecule has 0 aliphatic rings. The highest BCUT2D eigenvalue weighted by Crippen LogP contribution is 2.18. The van der Waals surface area contributed by atoms with Crippen LogP contribution in [-0.4, -0.2) is 30.7 Å². The van der Waals surface area contributed by atoms with Crippen molar-refractivity contribution in [2.75, 3.05) is 13.2 Å². The summed E-state index contributed by atoms with van der Waals surface area (Å²) in [4.78, 5) is 11.5. The number of nitrogens with one attached hydrogen (secondary N) is 1. The van der Waals surface area contributed by atoms with E-state index in [0.717, 1.165) is 19.3 Å². The lowest BCUT2D eigenvalue weighted by molar-refractivity contribution is -0.134. The van der Waals surface area contributed by atoms with E-state index in [1.165, 1.54) is 0 Å². The van der Waals surface area contributed by atoms with Gasteiger partial charge in [0.2, 0.25) is 5.91 Å². The Balaban J connectivity index is 4.06. The molecule has 0 radical (unpaired) electrons. The summed E-state index contributed by atoms with van der Waals surface area (Å²) in [5.74, 6) is -0.0610. The summed E-state index contributed by atoms with van der Waals surface area (Å²) in [7, 11) is 0. The van der Waals surface area contributed by atoms with E-state index in [2.05, 4.69) is 5.32 Å². The van der Waals surface area contributed by atoms with Gasteiger partial charge in [-0.05, 0) is 26.2 Å². The van der Waals surface area contributed by atoms with Gasteiger partial charge in [0.25, 0.3) is 0 Å². The molecule has 3 N–H and O–H groups in total. The van der Waals surface area contributed by atoms with Crippen molar-refractivity contribution in [2.45, 2.75) is 58.6 Å². The van der Waals surface area contributed by atoms with Crippen molar-refractivity contribution in [1.82, 2.24) is 5.32 Å². The maximum atomic E-state index is 11.5. The highest BCUT2D eigenvalue weighted by molar-refractivity contribution is 5.77. The first-order valence-corrected chi connectivity index (χ1v) is 6.16. The van der Waals surface area contributed by atoms with E-state index >= 15 is 0 Å². The zero-order valence-corrected chi connectivity index (χ0v) is 11.0. The third-order valence-electron chi connectivity index (χ3n) is 3.19. The van der Waals surface area contributed by atoms with Crippen molar-refractivity contribution < 1.29 is 9.53 Å². The molecule has 0 spiro atoms. The van der Waals surface area contributed by atoms with Crippen LogP contribution in [0.5, 0.6) is 0 Å². The molecule has 0 aromatic carbocycles. The summed E-state index contributed by atoms with van der Waals surface area (Å²) in [6.07, 6.45) is 2.59. The molecule has 0 aromatic rings. The summed E-state index contributed by atoms with van der Waals surface area (Å²) in [6, 6.07) is 0.201. The Labute approximate surface area is 98.9 Å². The molecule has 0 saturated heterocycles. The molecule has 96 valence electrons. The number of ether oxygens (including phenoxy) is 1. The van der Waals surface area contributed by atoms with E-state index in [4.69, 9.17) is 10.5 Å². The van der Waals surface area contributed by atoms with Crippen LogP contribution in [0, 0.1) is 0 Å². The minimum Gasteiger partial charge on any atom is -0.364 e. The molecule has 0 aliphatic carbocycles. The standard InChI is InChI=1S/C12H26N2O2/c1-5-10(4)14-11(15)8-16-12(6-2,7-3)9-13/h10H,5-9,13H2,1-4H3,(H,14,15). The van der Waals surface area contributed by atoms with Crippen molar-refractivity contribution in [3.8, 4) is 0 Å². The molecule has 0 aromatic heterocycles. The van der Waals surface area contributed by atoms with Gasteiger partial charge in [0.1, 0.15) is 6.61 Å². The van der Waals surface area contributed by atoms with Crippen LogP contribution >= 0.6 is 0 Å². The van der Waals surface area contributed by atoms with Crippen molar-refractivity contribution in [3.63, 3.8) is 0 Å². The van der Waals surface area contributed by atoms with E-state index < -0.39 is 0 Å². The molecule has 0 saturated carbocycles. The predicted octanol–water partition coefficient (Wildman–Crippen LogP) is 1.44. The highest BCUT2D eigenvalue weighted by Gasteiger charge is 2.26. The minimum atomic E-state index is -0.340. The number of nitrogens with two attached hydrogens (primary N) is 1. The predicted molar refractivity (Wildman–Crippen MR) is 66.2 cm³/mol. The van der Waals surface area contributed by atoms with Gasteiger partial charge in [0.15, 0.2) is 0 Å². The van der Waals surface area contributed by atoms with Crippen LogP contribution in [0.2, 0.25) is 0 Å². The second kappa shape index (κ2) is 7.63. The van der Waals surface area contributed by atoms with E-state index in [9.17, 15) is 4.79 Å². The average molecular weight is 230 g/mol. The first-order valence-electron chi connectivity index (χ1n) is 6.16. The average Bonchev–Trinajstić information content (AvgIpc) is 2.31. The third-order valence-corrected chi connectivity index (χ3v) is 3.19. The molecule has 16 heavy (non-hydrogen) atoms. The number of carbonyl (C=O) groups excluding carboxylic acids is 1. The number of hydrogen-bond donors (Lipinski definition) is 2. The Morgan fingerprint density at radius 1 is 1.38 bits per heavy atom. The maximum Gasteiger partial charge on any atom is 0.246 e. The van der Waals surface area contributed by atoms with Crippen molar-refractivity contribution >= 4 is 5.91 Å². The number of carbonyl (C=O) groups is 1.